The molecule has 2 aromatic carbocycles. The predicted octanol–water partition coefficient (Wildman–Crippen LogP) is 7.56. The van der Waals surface area contributed by atoms with Crippen molar-refractivity contribution >= 4 is 12.2 Å². The van der Waals surface area contributed by atoms with Crippen LogP contribution in [0.25, 0.3) is 33.6 Å². The minimum absolute atomic E-state index is 0.243. The van der Waals surface area contributed by atoms with E-state index >= 15 is 0 Å². The van der Waals surface area contributed by atoms with E-state index in [1.54, 1.807) is 36.4 Å². The van der Waals surface area contributed by atoms with E-state index in [0.29, 0.717) is 62.7 Å². The number of nitrogens with zero attached hydrogens (tertiary/aromatic N) is 4. The lowest BCUT2D eigenvalue weighted by Gasteiger charge is -2.35. The van der Waals surface area contributed by atoms with Gasteiger partial charge in [-0.05, 0) is 77.6 Å². The van der Waals surface area contributed by atoms with E-state index < -0.39 is 23.3 Å². The molecule has 2 fully saturated rings. The smallest absolute Gasteiger partial charge is 0.411 e. The van der Waals surface area contributed by atoms with Gasteiger partial charge in [0.15, 0.2) is 11.5 Å². The molecule has 0 aliphatic carbocycles. The standard InChI is InChI=1S/C42H56N6O9/c1-41(2,3)56-39(49)47-17-9-10-33(47)37-44-25-32(46-37)30-16-15-29(35(54-22-20-51-7)36(30)55-23-21-52-8)27-11-13-28(14-12-27)31-24-43-38(45-31)34-26-53-19-18-48(34)40(50)57-42(4,5)6/h11-16,24-25,33-34H,9-10,17-23,26H2,1-8H3,(H,43,45)(H,44,46). The van der Waals surface area contributed by atoms with Gasteiger partial charge in [-0.15, -0.1) is 0 Å². The highest BCUT2D eigenvalue weighted by Gasteiger charge is 2.36. The lowest BCUT2D eigenvalue weighted by Crippen LogP contribution is -2.46. The second-order valence-electron chi connectivity index (χ2n) is 16.0. The summed E-state index contributed by atoms with van der Waals surface area (Å²) < 4.78 is 40.6. The number of likely N-dealkylation sites (tertiary alicyclic amines) is 1. The van der Waals surface area contributed by atoms with Gasteiger partial charge in [0, 0.05) is 38.4 Å². The third kappa shape index (κ3) is 10.3. The molecule has 0 radical (unpaired) electrons. The third-order valence-electron chi connectivity index (χ3n) is 9.44. The first kappa shape index (κ1) is 41.5. The third-order valence-corrected chi connectivity index (χ3v) is 9.44. The number of morpholine rings is 1. The number of H-pyrrole nitrogens is 2. The molecule has 2 unspecified atom stereocenters. The summed E-state index contributed by atoms with van der Waals surface area (Å²) in [6, 6.07) is 11.4. The van der Waals surface area contributed by atoms with Crippen LogP contribution in [0.5, 0.6) is 11.5 Å². The van der Waals surface area contributed by atoms with E-state index in [9.17, 15) is 9.59 Å². The Balaban J connectivity index is 1.29. The maximum Gasteiger partial charge on any atom is 0.411 e. The number of amides is 2. The summed E-state index contributed by atoms with van der Waals surface area (Å²) in [5.74, 6) is 2.37. The zero-order valence-corrected chi connectivity index (χ0v) is 34.3. The molecule has 4 aromatic rings. The zero-order chi connectivity index (χ0) is 40.7. The summed E-state index contributed by atoms with van der Waals surface area (Å²) >= 11 is 0. The van der Waals surface area contributed by atoms with Crippen molar-refractivity contribution in [2.24, 2.45) is 0 Å². The van der Waals surface area contributed by atoms with Crippen molar-refractivity contribution in [2.45, 2.75) is 77.7 Å². The number of methoxy groups -OCH3 is 2. The van der Waals surface area contributed by atoms with Crippen molar-refractivity contribution in [3.63, 3.8) is 0 Å². The number of aromatic amines is 2. The van der Waals surface area contributed by atoms with Crippen LogP contribution in [-0.4, -0.2) is 120 Å². The average Bonchev–Trinajstić information content (AvgIpc) is 3.96. The number of aromatic nitrogens is 4. The Bertz CT molecular complexity index is 1960. The molecule has 6 rings (SSSR count). The molecule has 2 aromatic heterocycles. The van der Waals surface area contributed by atoms with E-state index in [1.165, 1.54) is 0 Å². The molecule has 2 atom stereocenters. The Morgan fingerprint density at radius 1 is 0.702 bits per heavy atom. The number of hydrogen-bond donors (Lipinski definition) is 2. The van der Waals surface area contributed by atoms with Gasteiger partial charge >= 0.3 is 12.2 Å². The molecule has 2 N–H and O–H groups in total. The Kier molecular flexibility index (Phi) is 13.1. The first-order valence-corrected chi connectivity index (χ1v) is 19.4. The van der Waals surface area contributed by atoms with Crippen LogP contribution in [0.4, 0.5) is 9.59 Å². The lowest BCUT2D eigenvalue weighted by molar-refractivity contribution is -0.0349. The van der Waals surface area contributed by atoms with Crippen molar-refractivity contribution in [1.82, 2.24) is 29.7 Å². The summed E-state index contributed by atoms with van der Waals surface area (Å²) in [6.07, 6.45) is 4.39. The van der Waals surface area contributed by atoms with Gasteiger partial charge in [0.2, 0.25) is 0 Å². The number of nitrogens with one attached hydrogen (secondary N) is 2. The predicted molar refractivity (Wildman–Crippen MR) is 213 cm³/mol. The quantitative estimate of drug-likeness (QED) is 0.129. The molecule has 2 saturated heterocycles. The van der Waals surface area contributed by atoms with Crippen molar-refractivity contribution in [2.75, 3.05) is 67.0 Å². The first-order valence-electron chi connectivity index (χ1n) is 19.4. The highest BCUT2D eigenvalue weighted by Crippen LogP contribution is 2.45. The summed E-state index contributed by atoms with van der Waals surface area (Å²) in [5.41, 5.74) is 3.66. The molecule has 2 aliphatic heterocycles. The molecule has 2 aliphatic rings. The van der Waals surface area contributed by atoms with Gasteiger partial charge in [0.1, 0.15) is 42.1 Å². The summed E-state index contributed by atoms with van der Waals surface area (Å²) in [7, 11) is 3.25. The van der Waals surface area contributed by atoms with E-state index in [0.717, 1.165) is 46.5 Å². The van der Waals surface area contributed by atoms with Gasteiger partial charge in [0.25, 0.3) is 0 Å². The largest absolute Gasteiger partial charge is 0.487 e. The second kappa shape index (κ2) is 18.0. The van der Waals surface area contributed by atoms with Crippen LogP contribution < -0.4 is 9.47 Å². The molecular weight excluding hydrogens is 732 g/mol. The fourth-order valence-electron chi connectivity index (χ4n) is 6.83. The highest BCUT2D eigenvalue weighted by molar-refractivity contribution is 5.83. The summed E-state index contributed by atoms with van der Waals surface area (Å²) in [5, 5.41) is 0. The monoisotopic (exact) mass is 788 g/mol. The van der Waals surface area contributed by atoms with Crippen LogP contribution in [0.2, 0.25) is 0 Å². The number of benzene rings is 2. The molecule has 0 saturated carbocycles. The van der Waals surface area contributed by atoms with E-state index in [1.807, 2.05) is 77.9 Å². The topological polar surface area (TPSA) is 163 Å². The van der Waals surface area contributed by atoms with Gasteiger partial charge in [-0.1, -0.05) is 24.3 Å². The summed E-state index contributed by atoms with van der Waals surface area (Å²) in [4.78, 5) is 45.8. The number of carbonyl (C=O) groups is 2. The molecule has 308 valence electrons. The lowest BCUT2D eigenvalue weighted by atomic mass is 9.98. The average molecular weight is 789 g/mol. The van der Waals surface area contributed by atoms with Crippen LogP contribution in [0.15, 0.2) is 48.8 Å². The van der Waals surface area contributed by atoms with Crippen LogP contribution in [0, 0.1) is 0 Å². The van der Waals surface area contributed by atoms with Crippen LogP contribution in [0.3, 0.4) is 0 Å². The molecule has 0 spiro atoms. The Hall–Kier alpha value is -5.12. The van der Waals surface area contributed by atoms with Gasteiger partial charge in [-0.25, -0.2) is 19.6 Å². The van der Waals surface area contributed by atoms with Crippen LogP contribution in [-0.2, 0) is 23.7 Å². The molecule has 15 nitrogen and oxygen atoms in total. The van der Waals surface area contributed by atoms with Crippen LogP contribution in [0.1, 0.15) is 78.1 Å². The zero-order valence-electron chi connectivity index (χ0n) is 34.3. The molecule has 2 amide bonds. The number of imidazole rings is 2. The number of rotatable bonds is 13. The molecular formula is C42H56N6O9. The van der Waals surface area contributed by atoms with Crippen molar-refractivity contribution in [1.29, 1.82) is 0 Å². The number of carbonyl (C=O) groups excluding carboxylic acids is 2. The van der Waals surface area contributed by atoms with Gasteiger partial charge in [-0.3, -0.25) is 9.80 Å². The normalized spacial score (nSPS) is 17.5. The van der Waals surface area contributed by atoms with Crippen molar-refractivity contribution < 1.29 is 42.7 Å². The Morgan fingerprint density at radius 3 is 1.84 bits per heavy atom. The molecule has 57 heavy (non-hydrogen) atoms. The fraction of sp³-hybridized carbons (Fsp3) is 0.524. The molecule has 4 heterocycles. The fourth-order valence-corrected chi connectivity index (χ4v) is 6.83. The van der Waals surface area contributed by atoms with E-state index in [-0.39, 0.29) is 25.3 Å². The van der Waals surface area contributed by atoms with Gasteiger partial charge in [-0.2, -0.15) is 0 Å². The molecule has 15 heteroatoms. The van der Waals surface area contributed by atoms with Gasteiger partial charge in [0.05, 0.1) is 56.3 Å². The van der Waals surface area contributed by atoms with Crippen molar-refractivity contribution in [3.05, 3.63) is 60.4 Å². The number of hydrogen-bond acceptors (Lipinski definition) is 11. The van der Waals surface area contributed by atoms with E-state index in [2.05, 4.69) is 15.0 Å². The molecule has 0 bridgehead atoms. The number of ether oxygens (including phenoxy) is 7. The van der Waals surface area contributed by atoms with Gasteiger partial charge < -0.3 is 43.1 Å². The van der Waals surface area contributed by atoms with Crippen molar-refractivity contribution in [3.8, 4) is 45.1 Å². The minimum atomic E-state index is -0.618. The first-order chi connectivity index (χ1) is 27.3. The Labute approximate surface area is 334 Å². The highest BCUT2D eigenvalue weighted by atomic mass is 16.6. The van der Waals surface area contributed by atoms with Crippen LogP contribution >= 0.6 is 0 Å². The maximum absolute atomic E-state index is 13.1. The van der Waals surface area contributed by atoms with E-state index in [4.69, 9.17) is 38.1 Å². The Morgan fingerprint density at radius 2 is 1.23 bits per heavy atom. The minimum Gasteiger partial charge on any atom is -0.487 e. The second-order valence-corrected chi connectivity index (χ2v) is 16.0. The maximum atomic E-state index is 13.1. The summed E-state index contributed by atoms with van der Waals surface area (Å²) in [6.45, 7) is 14.2. The SMILES string of the molecule is COCCOc1c(-c2ccc(-c3cnc(C4COCCN4C(=O)OC(C)(C)C)[nH]3)cc2)ccc(-c2cnc(C3CCCN3C(=O)OC(C)(C)C)[nH]2)c1OCCOC.